The summed E-state index contributed by atoms with van der Waals surface area (Å²) in [7, 11) is -5.75. The molecule has 0 aliphatic carbocycles. The molecule has 0 spiro atoms. The monoisotopic (exact) mass is 378 g/mol. The van der Waals surface area contributed by atoms with E-state index < -0.39 is 21.4 Å². The first kappa shape index (κ1) is 18.0. The van der Waals surface area contributed by atoms with Crippen LogP contribution in [-0.2, 0) is 10.1 Å². The molecule has 134 valence electrons. The third-order valence-electron chi connectivity index (χ3n) is 3.61. The number of halogens is 3. The number of alkyl halides is 3. The predicted octanol–water partition coefficient (Wildman–Crippen LogP) is 5.25. The third-order valence-corrected chi connectivity index (χ3v) is 4.59. The fourth-order valence-corrected chi connectivity index (χ4v) is 2.86. The second-order valence-electron chi connectivity index (χ2n) is 5.46. The van der Waals surface area contributed by atoms with Crippen LogP contribution in [0.15, 0.2) is 78.9 Å². The van der Waals surface area contributed by atoms with Crippen LogP contribution in [0.4, 0.5) is 13.2 Å². The Morgan fingerprint density at radius 1 is 0.654 bits per heavy atom. The summed E-state index contributed by atoms with van der Waals surface area (Å²) in [5.41, 5.74) is -2.97. The van der Waals surface area contributed by atoms with E-state index in [0.29, 0.717) is 11.1 Å². The first-order valence-corrected chi connectivity index (χ1v) is 8.94. The summed E-state index contributed by atoms with van der Waals surface area (Å²) in [6.45, 7) is 0. The van der Waals surface area contributed by atoms with Crippen molar-refractivity contribution in [2.75, 3.05) is 0 Å². The van der Waals surface area contributed by atoms with E-state index >= 15 is 0 Å². The molecule has 0 bridgehead atoms. The van der Waals surface area contributed by atoms with Gasteiger partial charge in [0.1, 0.15) is 5.75 Å². The van der Waals surface area contributed by atoms with Crippen LogP contribution in [0.25, 0.3) is 22.3 Å². The highest BCUT2D eigenvalue weighted by molar-refractivity contribution is 7.88. The van der Waals surface area contributed by atoms with Crippen LogP contribution in [0.3, 0.4) is 0 Å². The topological polar surface area (TPSA) is 43.4 Å². The summed E-state index contributed by atoms with van der Waals surface area (Å²) in [6, 6.07) is 22.1. The van der Waals surface area contributed by atoms with E-state index in [9.17, 15) is 21.6 Å². The zero-order valence-electron chi connectivity index (χ0n) is 13.3. The molecule has 3 aromatic rings. The van der Waals surface area contributed by atoms with Crippen LogP contribution in [0.2, 0.25) is 0 Å². The van der Waals surface area contributed by atoms with Gasteiger partial charge in [-0.1, -0.05) is 60.7 Å². The van der Waals surface area contributed by atoms with Gasteiger partial charge < -0.3 is 4.18 Å². The van der Waals surface area contributed by atoms with Gasteiger partial charge in [0.25, 0.3) is 0 Å². The highest BCUT2D eigenvalue weighted by Crippen LogP contribution is 2.34. The van der Waals surface area contributed by atoms with Crippen LogP contribution in [-0.4, -0.2) is 13.9 Å². The van der Waals surface area contributed by atoms with E-state index in [2.05, 4.69) is 4.18 Å². The van der Waals surface area contributed by atoms with Crippen LogP contribution in [0.1, 0.15) is 0 Å². The average Bonchev–Trinajstić information content (AvgIpc) is 2.61. The highest BCUT2D eigenvalue weighted by Gasteiger charge is 2.48. The molecule has 3 nitrogen and oxygen atoms in total. The largest absolute Gasteiger partial charge is 0.534 e. The van der Waals surface area contributed by atoms with Gasteiger partial charge in [0.05, 0.1) is 0 Å². The predicted molar refractivity (Wildman–Crippen MR) is 92.9 cm³/mol. The van der Waals surface area contributed by atoms with Crippen molar-refractivity contribution < 1.29 is 25.8 Å². The van der Waals surface area contributed by atoms with Gasteiger partial charge in [0.2, 0.25) is 0 Å². The molecule has 0 saturated carbocycles. The van der Waals surface area contributed by atoms with Gasteiger partial charge in [-0.25, -0.2) is 0 Å². The molecule has 0 unspecified atom stereocenters. The van der Waals surface area contributed by atoms with Crippen molar-refractivity contribution in [1.29, 1.82) is 0 Å². The van der Waals surface area contributed by atoms with Gasteiger partial charge in [-0.3, -0.25) is 0 Å². The molecule has 0 heterocycles. The lowest BCUT2D eigenvalue weighted by Crippen LogP contribution is -2.28. The molecule has 3 aromatic carbocycles. The van der Waals surface area contributed by atoms with Crippen LogP contribution < -0.4 is 4.18 Å². The Kier molecular flexibility index (Phi) is 4.73. The zero-order chi connectivity index (χ0) is 18.8. The normalized spacial score (nSPS) is 12.0. The lowest BCUT2D eigenvalue weighted by molar-refractivity contribution is -0.0500. The van der Waals surface area contributed by atoms with E-state index in [1.54, 1.807) is 66.7 Å². The minimum Gasteiger partial charge on any atom is -0.376 e. The standard InChI is InChI=1S/C19H13F3O3S/c20-19(21,22)26(23,24)25-18-12-16(14-7-3-1-4-8-14)11-17(13-18)15-9-5-2-6-10-15/h1-13H. The number of benzene rings is 3. The fourth-order valence-electron chi connectivity index (χ4n) is 2.42. The Bertz CT molecular complexity index is 941. The molecule has 0 saturated heterocycles. The van der Waals surface area contributed by atoms with E-state index in [1.165, 1.54) is 12.1 Å². The molecule has 0 aliphatic rings. The Morgan fingerprint density at radius 3 is 1.46 bits per heavy atom. The van der Waals surface area contributed by atoms with Crippen molar-refractivity contribution in [2.45, 2.75) is 5.51 Å². The molecular formula is C19H13F3O3S. The van der Waals surface area contributed by atoms with Gasteiger partial charge in [0.15, 0.2) is 0 Å². The van der Waals surface area contributed by atoms with Crippen LogP contribution in [0, 0.1) is 0 Å². The van der Waals surface area contributed by atoms with Crippen molar-refractivity contribution in [3.8, 4) is 28.0 Å². The molecule has 0 N–H and O–H groups in total. The van der Waals surface area contributed by atoms with Gasteiger partial charge in [-0.15, -0.1) is 0 Å². The minimum atomic E-state index is -5.75. The first-order chi connectivity index (χ1) is 12.3. The minimum absolute atomic E-state index is 0.400. The molecular weight excluding hydrogens is 365 g/mol. The van der Waals surface area contributed by atoms with Crippen LogP contribution >= 0.6 is 0 Å². The van der Waals surface area contributed by atoms with Gasteiger partial charge >= 0.3 is 15.6 Å². The van der Waals surface area contributed by atoms with E-state index in [4.69, 9.17) is 0 Å². The smallest absolute Gasteiger partial charge is 0.376 e. The Balaban J connectivity index is 2.13. The van der Waals surface area contributed by atoms with E-state index in [-0.39, 0.29) is 0 Å². The number of hydrogen-bond acceptors (Lipinski definition) is 3. The second kappa shape index (κ2) is 6.84. The molecule has 26 heavy (non-hydrogen) atoms. The SMILES string of the molecule is O=S(=O)(Oc1cc(-c2ccccc2)cc(-c2ccccc2)c1)C(F)(F)F. The van der Waals surface area contributed by atoms with Crippen molar-refractivity contribution in [2.24, 2.45) is 0 Å². The van der Waals surface area contributed by atoms with Crippen molar-refractivity contribution in [1.82, 2.24) is 0 Å². The molecule has 3 rings (SSSR count). The average molecular weight is 378 g/mol. The Hall–Kier alpha value is -2.80. The van der Waals surface area contributed by atoms with Crippen molar-refractivity contribution in [3.63, 3.8) is 0 Å². The van der Waals surface area contributed by atoms with Gasteiger partial charge in [-0.05, 0) is 40.5 Å². The van der Waals surface area contributed by atoms with Gasteiger partial charge in [-0.2, -0.15) is 21.6 Å². The third kappa shape index (κ3) is 3.88. The fraction of sp³-hybridized carbons (Fsp3) is 0.0526. The maximum absolute atomic E-state index is 12.7. The summed E-state index contributed by atoms with van der Waals surface area (Å²) < 4.78 is 65.0. The van der Waals surface area contributed by atoms with Crippen LogP contribution in [0.5, 0.6) is 5.75 Å². The molecule has 0 fully saturated rings. The summed E-state index contributed by atoms with van der Waals surface area (Å²) in [5, 5.41) is 0. The molecule has 0 amide bonds. The number of hydrogen-bond donors (Lipinski definition) is 0. The highest BCUT2D eigenvalue weighted by atomic mass is 32.2. The lowest BCUT2D eigenvalue weighted by Gasteiger charge is -2.13. The molecule has 7 heteroatoms. The molecule has 0 aromatic heterocycles. The van der Waals surface area contributed by atoms with Crippen molar-refractivity contribution >= 4 is 10.1 Å². The van der Waals surface area contributed by atoms with E-state index in [1.807, 2.05) is 0 Å². The van der Waals surface area contributed by atoms with Crippen molar-refractivity contribution in [3.05, 3.63) is 78.9 Å². The summed E-state index contributed by atoms with van der Waals surface area (Å²) in [4.78, 5) is 0. The number of rotatable bonds is 4. The Morgan fingerprint density at radius 2 is 1.08 bits per heavy atom. The summed E-state index contributed by atoms with van der Waals surface area (Å²) >= 11 is 0. The summed E-state index contributed by atoms with van der Waals surface area (Å²) in [6.07, 6.45) is 0. The maximum Gasteiger partial charge on any atom is 0.534 e. The van der Waals surface area contributed by atoms with Gasteiger partial charge in [0, 0.05) is 0 Å². The molecule has 0 radical (unpaired) electrons. The maximum atomic E-state index is 12.7. The molecule has 0 aliphatic heterocycles. The molecule has 0 atom stereocenters. The quantitative estimate of drug-likeness (QED) is 0.460. The van der Waals surface area contributed by atoms with E-state index in [0.717, 1.165) is 11.1 Å². The first-order valence-electron chi connectivity index (χ1n) is 7.53. The Labute approximate surface area is 148 Å². The summed E-state index contributed by atoms with van der Waals surface area (Å²) in [5.74, 6) is -0.400. The lowest BCUT2D eigenvalue weighted by atomic mass is 9.99. The second-order valence-corrected chi connectivity index (χ2v) is 7.00. The zero-order valence-corrected chi connectivity index (χ0v) is 14.1.